The van der Waals surface area contributed by atoms with Crippen molar-refractivity contribution in [2.24, 2.45) is 0 Å². The third kappa shape index (κ3) is 2.34. The summed E-state index contributed by atoms with van der Waals surface area (Å²) < 4.78 is 26.7. The Hall–Kier alpha value is -1.49. The van der Waals surface area contributed by atoms with E-state index in [1.165, 1.54) is 12.1 Å². The van der Waals surface area contributed by atoms with Crippen molar-refractivity contribution >= 4 is 5.97 Å². The molecule has 1 fully saturated rings. The van der Waals surface area contributed by atoms with E-state index in [0.717, 1.165) is 12.5 Å². The van der Waals surface area contributed by atoms with Gasteiger partial charge in [-0.05, 0) is 39.3 Å². The SMILES string of the molecule is CC(c1ccc(F)cc1F)N1CCCC1(C)C(=O)O. The summed E-state index contributed by atoms with van der Waals surface area (Å²) in [5.74, 6) is -2.16. The average Bonchev–Trinajstić information content (AvgIpc) is 2.72. The number of carboxylic acid groups (broad SMARTS) is 1. The molecule has 2 rings (SSSR count). The van der Waals surface area contributed by atoms with Gasteiger partial charge in [0, 0.05) is 17.7 Å². The summed E-state index contributed by atoms with van der Waals surface area (Å²) in [5, 5.41) is 9.36. The summed E-state index contributed by atoms with van der Waals surface area (Å²) in [5.41, 5.74) is -0.656. The minimum atomic E-state index is -0.986. The van der Waals surface area contributed by atoms with E-state index in [1.54, 1.807) is 18.7 Å². The lowest BCUT2D eigenvalue weighted by atomic mass is 9.96. The second-order valence-electron chi connectivity index (χ2n) is 5.22. The standard InChI is InChI=1S/C14H17F2NO2/c1-9(11-5-4-10(15)8-12(11)16)17-7-3-6-14(17,2)13(18)19/h4-5,8-9H,3,6-7H2,1-2H3,(H,18,19). The lowest BCUT2D eigenvalue weighted by Crippen LogP contribution is -2.49. The number of hydrogen-bond donors (Lipinski definition) is 1. The number of carbonyl (C=O) groups is 1. The molecule has 0 radical (unpaired) electrons. The molecule has 1 aliphatic heterocycles. The van der Waals surface area contributed by atoms with Crippen LogP contribution >= 0.6 is 0 Å². The predicted molar refractivity (Wildman–Crippen MR) is 66.8 cm³/mol. The summed E-state index contributed by atoms with van der Waals surface area (Å²) in [6.07, 6.45) is 1.30. The molecule has 1 N–H and O–H groups in total. The van der Waals surface area contributed by atoms with Crippen molar-refractivity contribution in [1.29, 1.82) is 0 Å². The predicted octanol–water partition coefficient (Wildman–Crippen LogP) is 2.96. The molecule has 1 aromatic carbocycles. The molecule has 0 saturated carbocycles. The van der Waals surface area contributed by atoms with E-state index in [-0.39, 0.29) is 0 Å². The topological polar surface area (TPSA) is 40.5 Å². The summed E-state index contributed by atoms with van der Waals surface area (Å²) in [4.78, 5) is 13.2. The van der Waals surface area contributed by atoms with Crippen LogP contribution in [0.3, 0.4) is 0 Å². The Morgan fingerprint density at radius 2 is 2.16 bits per heavy atom. The molecule has 0 bridgehead atoms. The maximum atomic E-state index is 13.8. The molecular weight excluding hydrogens is 252 g/mol. The number of nitrogens with zero attached hydrogens (tertiary/aromatic N) is 1. The van der Waals surface area contributed by atoms with Gasteiger partial charge in [-0.25, -0.2) is 8.78 Å². The second-order valence-corrected chi connectivity index (χ2v) is 5.22. The van der Waals surface area contributed by atoms with Crippen LogP contribution in [0, 0.1) is 11.6 Å². The van der Waals surface area contributed by atoms with Crippen LogP contribution < -0.4 is 0 Å². The van der Waals surface area contributed by atoms with Crippen molar-refractivity contribution in [1.82, 2.24) is 4.90 Å². The largest absolute Gasteiger partial charge is 0.480 e. The zero-order chi connectivity index (χ0) is 14.2. The molecule has 1 aromatic rings. The van der Waals surface area contributed by atoms with Gasteiger partial charge in [0.15, 0.2) is 0 Å². The smallest absolute Gasteiger partial charge is 0.323 e. The maximum absolute atomic E-state index is 13.8. The summed E-state index contributed by atoms with van der Waals surface area (Å²) >= 11 is 0. The highest BCUT2D eigenvalue weighted by atomic mass is 19.1. The van der Waals surface area contributed by atoms with Gasteiger partial charge in [0.2, 0.25) is 0 Å². The Labute approximate surface area is 110 Å². The molecule has 2 unspecified atom stereocenters. The highest BCUT2D eigenvalue weighted by Crippen LogP contribution is 2.37. The van der Waals surface area contributed by atoms with Crippen molar-refractivity contribution in [3.8, 4) is 0 Å². The Bertz CT molecular complexity index is 506. The number of hydrogen-bond acceptors (Lipinski definition) is 2. The number of benzene rings is 1. The molecule has 1 heterocycles. The van der Waals surface area contributed by atoms with Gasteiger partial charge in [-0.15, -0.1) is 0 Å². The van der Waals surface area contributed by atoms with Crippen LogP contribution in [-0.2, 0) is 4.79 Å². The zero-order valence-corrected chi connectivity index (χ0v) is 11.0. The third-order valence-electron chi connectivity index (χ3n) is 4.04. The minimum absolute atomic E-state index is 0.329. The second kappa shape index (κ2) is 4.89. The zero-order valence-electron chi connectivity index (χ0n) is 11.0. The third-order valence-corrected chi connectivity index (χ3v) is 4.04. The fourth-order valence-electron chi connectivity index (χ4n) is 2.84. The van der Waals surface area contributed by atoms with Gasteiger partial charge in [0.05, 0.1) is 0 Å². The van der Waals surface area contributed by atoms with E-state index < -0.39 is 29.2 Å². The van der Waals surface area contributed by atoms with Crippen LogP contribution in [-0.4, -0.2) is 28.1 Å². The molecule has 3 nitrogen and oxygen atoms in total. The summed E-state index contributed by atoms with van der Waals surface area (Å²) in [6, 6.07) is 3.02. The molecule has 0 amide bonds. The molecule has 0 aliphatic carbocycles. The van der Waals surface area contributed by atoms with E-state index in [1.807, 2.05) is 0 Å². The molecule has 104 valence electrons. The fraction of sp³-hybridized carbons (Fsp3) is 0.500. The first-order valence-electron chi connectivity index (χ1n) is 6.31. The van der Waals surface area contributed by atoms with Gasteiger partial charge in [0.25, 0.3) is 0 Å². The molecule has 0 spiro atoms. The van der Waals surface area contributed by atoms with Crippen LogP contribution in [0.15, 0.2) is 18.2 Å². The van der Waals surface area contributed by atoms with Gasteiger partial charge in [0.1, 0.15) is 17.2 Å². The summed E-state index contributed by atoms with van der Waals surface area (Å²) in [7, 11) is 0. The Kier molecular flexibility index (Phi) is 3.58. The lowest BCUT2D eigenvalue weighted by Gasteiger charge is -2.36. The quantitative estimate of drug-likeness (QED) is 0.917. The number of likely N-dealkylation sites (tertiary alicyclic amines) is 1. The van der Waals surface area contributed by atoms with Crippen LogP contribution in [0.1, 0.15) is 38.3 Å². The van der Waals surface area contributed by atoms with Crippen molar-refractivity contribution in [3.05, 3.63) is 35.4 Å². The van der Waals surface area contributed by atoms with E-state index in [9.17, 15) is 18.7 Å². The van der Waals surface area contributed by atoms with Gasteiger partial charge in [-0.3, -0.25) is 9.69 Å². The number of aliphatic carboxylic acids is 1. The number of halogens is 2. The van der Waals surface area contributed by atoms with Crippen molar-refractivity contribution < 1.29 is 18.7 Å². The van der Waals surface area contributed by atoms with Crippen LogP contribution in [0.25, 0.3) is 0 Å². The maximum Gasteiger partial charge on any atom is 0.323 e. The highest BCUT2D eigenvalue weighted by molar-refractivity contribution is 5.78. The van der Waals surface area contributed by atoms with E-state index in [0.29, 0.717) is 18.5 Å². The first-order chi connectivity index (χ1) is 8.86. The first-order valence-corrected chi connectivity index (χ1v) is 6.31. The Balaban J connectivity index is 2.33. The van der Waals surface area contributed by atoms with Crippen molar-refractivity contribution in [3.63, 3.8) is 0 Å². The monoisotopic (exact) mass is 269 g/mol. The van der Waals surface area contributed by atoms with Gasteiger partial charge < -0.3 is 5.11 Å². The lowest BCUT2D eigenvalue weighted by molar-refractivity contribution is -0.149. The number of carboxylic acids is 1. The first kappa shape index (κ1) is 13.9. The normalized spacial score (nSPS) is 25.5. The molecule has 1 aliphatic rings. The molecule has 0 aromatic heterocycles. The van der Waals surface area contributed by atoms with Gasteiger partial charge in [-0.1, -0.05) is 6.07 Å². The van der Waals surface area contributed by atoms with Crippen molar-refractivity contribution in [2.75, 3.05) is 6.54 Å². The summed E-state index contributed by atoms with van der Waals surface area (Å²) in [6.45, 7) is 4.00. The highest BCUT2D eigenvalue weighted by Gasteiger charge is 2.45. The molecule has 1 saturated heterocycles. The van der Waals surface area contributed by atoms with E-state index in [4.69, 9.17) is 0 Å². The van der Waals surface area contributed by atoms with Crippen molar-refractivity contribution in [2.45, 2.75) is 38.3 Å². The van der Waals surface area contributed by atoms with E-state index in [2.05, 4.69) is 0 Å². The minimum Gasteiger partial charge on any atom is -0.480 e. The van der Waals surface area contributed by atoms with E-state index >= 15 is 0 Å². The molecule has 2 atom stereocenters. The molecule has 5 heteroatoms. The van der Waals surface area contributed by atoms with Crippen LogP contribution in [0.2, 0.25) is 0 Å². The van der Waals surface area contributed by atoms with Gasteiger partial charge >= 0.3 is 5.97 Å². The number of rotatable bonds is 3. The molecule has 19 heavy (non-hydrogen) atoms. The molecular formula is C14H17F2NO2. The van der Waals surface area contributed by atoms with Crippen LogP contribution in [0.4, 0.5) is 8.78 Å². The van der Waals surface area contributed by atoms with Crippen LogP contribution in [0.5, 0.6) is 0 Å². The Morgan fingerprint density at radius 3 is 2.74 bits per heavy atom. The Morgan fingerprint density at radius 1 is 1.47 bits per heavy atom. The van der Waals surface area contributed by atoms with Gasteiger partial charge in [-0.2, -0.15) is 0 Å². The average molecular weight is 269 g/mol. The fourth-order valence-corrected chi connectivity index (χ4v) is 2.84.